The van der Waals surface area contributed by atoms with Gasteiger partial charge in [0.15, 0.2) is 0 Å². The SMILES string of the molecule is CCc1cc(C(Cc2cc(OC)ccc2Br)NN)n(C)n1. The third kappa shape index (κ3) is 3.64. The highest BCUT2D eigenvalue weighted by Gasteiger charge is 2.17. The Morgan fingerprint density at radius 1 is 1.43 bits per heavy atom. The molecule has 1 atom stereocenters. The molecule has 0 saturated carbocycles. The molecule has 0 aliphatic rings. The third-order valence-electron chi connectivity index (χ3n) is 3.56. The summed E-state index contributed by atoms with van der Waals surface area (Å²) >= 11 is 3.58. The van der Waals surface area contributed by atoms with E-state index in [9.17, 15) is 0 Å². The molecule has 21 heavy (non-hydrogen) atoms. The van der Waals surface area contributed by atoms with Crippen molar-refractivity contribution in [3.8, 4) is 5.75 Å². The lowest BCUT2D eigenvalue weighted by Gasteiger charge is -2.17. The van der Waals surface area contributed by atoms with E-state index in [4.69, 9.17) is 10.6 Å². The van der Waals surface area contributed by atoms with E-state index in [0.717, 1.165) is 40.0 Å². The van der Waals surface area contributed by atoms with Gasteiger partial charge in [0.25, 0.3) is 0 Å². The largest absolute Gasteiger partial charge is 0.497 e. The number of hydrogen-bond donors (Lipinski definition) is 2. The number of hydrazine groups is 1. The number of methoxy groups -OCH3 is 1. The Morgan fingerprint density at radius 3 is 2.76 bits per heavy atom. The smallest absolute Gasteiger partial charge is 0.119 e. The molecular weight excluding hydrogens is 332 g/mol. The molecular formula is C15H21BrN4O. The van der Waals surface area contributed by atoms with Crippen LogP contribution in [-0.4, -0.2) is 16.9 Å². The minimum Gasteiger partial charge on any atom is -0.497 e. The van der Waals surface area contributed by atoms with E-state index in [0.29, 0.717) is 0 Å². The highest BCUT2D eigenvalue weighted by Crippen LogP contribution is 2.27. The van der Waals surface area contributed by atoms with E-state index in [1.807, 2.05) is 29.9 Å². The van der Waals surface area contributed by atoms with E-state index in [1.165, 1.54) is 0 Å². The summed E-state index contributed by atoms with van der Waals surface area (Å²) in [6.45, 7) is 2.09. The molecule has 1 aromatic carbocycles. The van der Waals surface area contributed by atoms with Crippen LogP contribution in [0.1, 0.15) is 29.9 Å². The molecule has 0 radical (unpaired) electrons. The van der Waals surface area contributed by atoms with Gasteiger partial charge in [0.05, 0.1) is 24.5 Å². The maximum atomic E-state index is 5.76. The normalized spacial score (nSPS) is 12.4. The molecule has 0 aliphatic carbocycles. The second-order valence-electron chi connectivity index (χ2n) is 4.92. The van der Waals surface area contributed by atoms with Gasteiger partial charge in [0.1, 0.15) is 5.75 Å². The Hall–Kier alpha value is -1.37. The summed E-state index contributed by atoms with van der Waals surface area (Å²) in [6.07, 6.45) is 1.66. The topological polar surface area (TPSA) is 65.1 Å². The summed E-state index contributed by atoms with van der Waals surface area (Å²) in [5, 5.41) is 4.48. The molecule has 1 heterocycles. The van der Waals surface area contributed by atoms with Crippen LogP contribution in [0.5, 0.6) is 5.75 Å². The zero-order valence-corrected chi connectivity index (χ0v) is 14.1. The number of benzene rings is 1. The first-order chi connectivity index (χ1) is 10.1. The zero-order chi connectivity index (χ0) is 15.4. The number of hydrogen-bond acceptors (Lipinski definition) is 4. The van der Waals surface area contributed by atoms with Gasteiger partial charge in [-0.1, -0.05) is 22.9 Å². The van der Waals surface area contributed by atoms with E-state index >= 15 is 0 Å². The predicted octanol–water partition coefficient (Wildman–Crippen LogP) is 2.50. The van der Waals surface area contributed by atoms with Crippen molar-refractivity contribution >= 4 is 15.9 Å². The number of nitrogens with one attached hydrogen (secondary N) is 1. The van der Waals surface area contributed by atoms with Crippen molar-refractivity contribution in [1.29, 1.82) is 0 Å². The lowest BCUT2D eigenvalue weighted by molar-refractivity contribution is 0.413. The molecule has 2 aromatic rings. The lowest BCUT2D eigenvalue weighted by Crippen LogP contribution is -2.31. The Morgan fingerprint density at radius 2 is 2.19 bits per heavy atom. The van der Waals surface area contributed by atoms with Crippen LogP contribution in [0.3, 0.4) is 0 Å². The van der Waals surface area contributed by atoms with Gasteiger partial charge in [-0.3, -0.25) is 16.0 Å². The third-order valence-corrected chi connectivity index (χ3v) is 4.34. The van der Waals surface area contributed by atoms with Crippen molar-refractivity contribution in [3.05, 3.63) is 45.7 Å². The van der Waals surface area contributed by atoms with Crippen molar-refractivity contribution in [3.63, 3.8) is 0 Å². The lowest BCUT2D eigenvalue weighted by atomic mass is 10.0. The first-order valence-electron chi connectivity index (χ1n) is 6.90. The number of rotatable bonds is 6. The quantitative estimate of drug-likeness (QED) is 0.619. The molecule has 0 spiro atoms. The molecule has 2 rings (SSSR count). The van der Waals surface area contributed by atoms with Crippen LogP contribution in [0.2, 0.25) is 0 Å². The molecule has 3 N–H and O–H groups in total. The Bertz CT molecular complexity index is 612. The molecule has 1 unspecified atom stereocenters. The van der Waals surface area contributed by atoms with Gasteiger partial charge in [-0.05, 0) is 42.7 Å². The second-order valence-corrected chi connectivity index (χ2v) is 5.77. The average molecular weight is 353 g/mol. The van der Waals surface area contributed by atoms with E-state index in [2.05, 4.69) is 39.4 Å². The molecule has 0 amide bonds. The van der Waals surface area contributed by atoms with Crippen molar-refractivity contribution < 1.29 is 4.74 Å². The summed E-state index contributed by atoms with van der Waals surface area (Å²) < 4.78 is 8.22. The van der Waals surface area contributed by atoms with E-state index in [1.54, 1.807) is 7.11 Å². The number of aryl methyl sites for hydroxylation is 2. The number of ether oxygens (including phenoxy) is 1. The Balaban J connectivity index is 2.28. The monoisotopic (exact) mass is 352 g/mol. The first-order valence-corrected chi connectivity index (χ1v) is 7.69. The molecule has 6 heteroatoms. The summed E-state index contributed by atoms with van der Waals surface area (Å²) in [6, 6.07) is 8.02. The molecule has 1 aromatic heterocycles. The summed E-state index contributed by atoms with van der Waals surface area (Å²) in [5.41, 5.74) is 6.16. The van der Waals surface area contributed by atoms with Crippen LogP contribution >= 0.6 is 15.9 Å². The van der Waals surface area contributed by atoms with Crippen LogP contribution in [-0.2, 0) is 19.9 Å². The maximum absolute atomic E-state index is 5.76. The number of halogens is 1. The Kier molecular flexibility index (Phi) is 5.39. The van der Waals surface area contributed by atoms with Gasteiger partial charge in [-0.15, -0.1) is 0 Å². The first kappa shape index (κ1) is 16.0. The number of nitrogens with two attached hydrogens (primary N) is 1. The average Bonchev–Trinajstić information content (AvgIpc) is 2.87. The minimum absolute atomic E-state index is 0.00814. The van der Waals surface area contributed by atoms with Crippen LogP contribution < -0.4 is 16.0 Å². The second kappa shape index (κ2) is 7.06. The molecule has 114 valence electrons. The number of aromatic nitrogens is 2. The highest BCUT2D eigenvalue weighted by molar-refractivity contribution is 9.10. The van der Waals surface area contributed by atoms with Gasteiger partial charge in [0.2, 0.25) is 0 Å². The molecule has 0 fully saturated rings. The predicted molar refractivity (Wildman–Crippen MR) is 87.0 cm³/mol. The summed E-state index contributed by atoms with van der Waals surface area (Å²) in [4.78, 5) is 0. The molecule has 0 saturated heterocycles. The summed E-state index contributed by atoms with van der Waals surface area (Å²) in [7, 11) is 3.61. The van der Waals surface area contributed by atoms with E-state index in [-0.39, 0.29) is 6.04 Å². The fraction of sp³-hybridized carbons (Fsp3) is 0.400. The standard InChI is InChI=1S/C15H21BrN4O/c1-4-11-9-15(20(2)19-11)14(18-17)8-10-7-12(21-3)5-6-13(10)16/h5-7,9,14,18H,4,8,17H2,1-3H3. The molecule has 0 aliphatic heterocycles. The van der Waals surface area contributed by atoms with Crippen molar-refractivity contribution in [2.45, 2.75) is 25.8 Å². The van der Waals surface area contributed by atoms with Crippen LogP contribution in [0.15, 0.2) is 28.7 Å². The highest BCUT2D eigenvalue weighted by atomic mass is 79.9. The molecule has 0 bridgehead atoms. The zero-order valence-electron chi connectivity index (χ0n) is 12.6. The Labute approximate surface area is 133 Å². The van der Waals surface area contributed by atoms with Crippen LogP contribution in [0.25, 0.3) is 0 Å². The van der Waals surface area contributed by atoms with Crippen LogP contribution in [0.4, 0.5) is 0 Å². The van der Waals surface area contributed by atoms with Crippen molar-refractivity contribution in [2.24, 2.45) is 12.9 Å². The van der Waals surface area contributed by atoms with Gasteiger partial charge in [-0.25, -0.2) is 0 Å². The van der Waals surface area contributed by atoms with Crippen LogP contribution in [0, 0.1) is 0 Å². The van der Waals surface area contributed by atoms with E-state index < -0.39 is 0 Å². The van der Waals surface area contributed by atoms with Crippen molar-refractivity contribution in [1.82, 2.24) is 15.2 Å². The number of nitrogens with zero attached hydrogens (tertiary/aromatic N) is 2. The fourth-order valence-corrected chi connectivity index (χ4v) is 2.75. The maximum Gasteiger partial charge on any atom is 0.119 e. The van der Waals surface area contributed by atoms with Gasteiger partial charge in [0, 0.05) is 11.5 Å². The van der Waals surface area contributed by atoms with Gasteiger partial charge >= 0.3 is 0 Å². The molecule has 5 nitrogen and oxygen atoms in total. The summed E-state index contributed by atoms with van der Waals surface area (Å²) in [5.74, 6) is 6.59. The van der Waals surface area contributed by atoms with Gasteiger partial charge < -0.3 is 4.74 Å². The van der Waals surface area contributed by atoms with Gasteiger partial charge in [-0.2, -0.15) is 5.10 Å². The van der Waals surface area contributed by atoms with Crippen molar-refractivity contribution in [2.75, 3.05) is 7.11 Å². The minimum atomic E-state index is -0.00814. The fourth-order valence-electron chi connectivity index (χ4n) is 2.35.